The minimum atomic E-state index is -1.29. The lowest BCUT2D eigenvalue weighted by atomic mass is 9.84. The summed E-state index contributed by atoms with van der Waals surface area (Å²) < 4.78 is 5.73. The number of hydrogen-bond acceptors (Lipinski definition) is 5. The van der Waals surface area contributed by atoms with Gasteiger partial charge in [0.2, 0.25) is 0 Å². The van der Waals surface area contributed by atoms with E-state index in [1.165, 1.54) is 17.7 Å². The van der Waals surface area contributed by atoms with Crippen molar-refractivity contribution in [2.75, 3.05) is 31.6 Å². The second kappa shape index (κ2) is 10.6. The van der Waals surface area contributed by atoms with Crippen LogP contribution >= 0.6 is 0 Å². The molecule has 0 spiro atoms. The minimum absolute atomic E-state index is 0.169. The third-order valence-electron chi connectivity index (χ3n) is 8.96. The van der Waals surface area contributed by atoms with Crippen molar-refractivity contribution in [3.05, 3.63) is 53.9 Å². The number of nitrogens with zero attached hydrogens (tertiary/aromatic N) is 3. The number of likely N-dealkylation sites (N-methyl/N-ethyl adjacent to an activating group) is 1. The van der Waals surface area contributed by atoms with Crippen LogP contribution in [0.3, 0.4) is 0 Å². The highest BCUT2D eigenvalue weighted by Gasteiger charge is 2.47. The van der Waals surface area contributed by atoms with Gasteiger partial charge in [0.15, 0.2) is 5.78 Å². The number of ether oxygens (including phenoxy) is 1. The van der Waals surface area contributed by atoms with Gasteiger partial charge >= 0.3 is 6.16 Å². The van der Waals surface area contributed by atoms with E-state index in [0.717, 1.165) is 70.0 Å². The van der Waals surface area contributed by atoms with Crippen molar-refractivity contribution in [2.45, 2.75) is 69.9 Å². The maximum atomic E-state index is 13.7. The molecule has 2 aliphatic carbocycles. The Morgan fingerprint density at radius 3 is 2.44 bits per heavy atom. The van der Waals surface area contributed by atoms with Gasteiger partial charge in [-0.1, -0.05) is 25.3 Å². The average Bonchev–Trinajstić information content (AvgIpc) is 3.33. The van der Waals surface area contributed by atoms with E-state index in [1.807, 2.05) is 24.5 Å². The number of benzene rings is 1. The molecule has 2 aromatic rings. The molecule has 5 rings (SSSR count). The van der Waals surface area contributed by atoms with Gasteiger partial charge in [0.05, 0.1) is 13.1 Å². The van der Waals surface area contributed by atoms with Crippen LogP contribution < -0.4 is 9.64 Å². The molecular formula is C29H38N3O4+. The number of aryl methyl sites for hydroxylation is 1. The van der Waals surface area contributed by atoms with Crippen LogP contribution in [0, 0.1) is 5.92 Å². The van der Waals surface area contributed by atoms with Crippen molar-refractivity contribution in [2.24, 2.45) is 5.92 Å². The highest BCUT2D eigenvalue weighted by atomic mass is 16.7. The van der Waals surface area contributed by atoms with Gasteiger partial charge in [0, 0.05) is 61.9 Å². The Morgan fingerprint density at radius 1 is 1.03 bits per heavy atom. The summed E-state index contributed by atoms with van der Waals surface area (Å²) in [6.07, 6.45) is 12.0. The van der Waals surface area contributed by atoms with E-state index >= 15 is 0 Å². The molecule has 1 saturated carbocycles. The summed E-state index contributed by atoms with van der Waals surface area (Å²) in [7, 11) is 2.29. The number of piperidine rings is 1. The predicted molar refractivity (Wildman–Crippen MR) is 138 cm³/mol. The first-order valence-electron chi connectivity index (χ1n) is 13.5. The largest absolute Gasteiger partial charge is 0.511 e. The van der Waals surface area contributed by atoms with Gasteiger partial charge in [0.25, 0.3) is 0 Å². The molecule has 1 aliphatic heterocycles. The van der Waals surface area contributed by atoms with Gasteiger partial charge in [-0.05, 0) is 49.1 Å². The lowest BCUT2D eigenvalue weighted by Gasteiger charge is -2.49. The number of pyridine rings is 1. The number of carbonyl (C=O) groups is 2. The minimum Gasteiger partial charge on any atom is -0.449 e. The molecule has 7 nitrogen and oxygen atoms in total. The van der Waals surface area contributed by atoms with Crippen molar-refractivity contribution in [3.8, 4) is 5.75 Å². The number of carbonyl (C=O) groups excluding carboxylic acids is 1. The number of carboxylic acid groups (broad SMARTS) is 1. The summed E-state index contributed by atoms with van der Waals surface area (Å²) in [6.45, 7) is 2.47. The molecule has 1 aromatic heterocycles. The third-order valence-corrected chi connectivity index (χ3v) is 8.96. The summed E-state index contributed by atoms with van der Waals surface area (Å²) in [5.74, 6) is 0.974. The zero-order valence-corrected chi connectivity index (χ0v) is 21.3. The molecule has 1 N–H and O–H groups in total. The molecule has 2 fully saturated rings. The number of quaternary nitrogens is 1. The van der Waals surface area contributed by atoms with Crippen LogP contribution in [0.1, 0.15) is 68.5 Å². The second-order valence-electron chi connectivity index (χ2n) is 11.0. The van der Waals surface area contributed by atoms with Gasteiger partial charge in [0.1, 0.15) is 18.3 Å². The number of aromatic nitrogens is 1. The number of Topliss-reactive ketones (excluding diaryl/α,β-unsaturated/α-hetero) is 1. The van der Waals surface area contributed by atoms with Crippen molar-refractivity contribution >= 4 is 17.6 Å². The summed E-state index contributed by atoms with van der Waals surface area (Å²) in [4.78, 5) is 31.5. The molecule has 2 unspecified atom stereocenters. The zero-order valence-electron chi connectivity index (χ0n) is 21.3. The Hall–Kier alpha value is -2.93. The Balaban J connectivity index is 1.41. The lowest BCUT2D eigenvalue weighted by molar-refractivity contribution is -0.955. The van der Waals surface area contributed by atoms with E-state index < -0.39 is 6.16 Å². The molecule has 3 aliphatic rings. The van der Waals surface area contributed by atoms with E-state index in [4.69, 9.17) is 9.84 Å². The quantitative estimate of drug-likeness (QED) is 0.317. The molecule has 192 valence electrons. The zero-order chi connectivity index (χ0) is 25.1. The maximum absolute atomic E-state index is 13.7. The molecular weight excluding hydrogens is 454 g/mol. The number of ketones is 1. The third kappa shape index (κ3) is 5.12. The fourth-order valence-electron chi connectivity index (χ4n) is 6.99. The first kappa shape index (κ1) is 24.8. The molecule has 2 atom stereocenters. The number of fused-ring (bicyclic) bond motifs is 1. The smallest absolute Gasteiger partial charge is 0.449 e. The standard InChI is InChI=1S/C29H37N3O4/c1-32(20-28(33)22-5-3-2-4-6-22,24-13-17-31(18-14-24)23-11-15-30-16-12-23)27-10-8-21-7-9-25(19-26(21)27)36-29(34)35/h7,9,11-12,15-16,19,22,24,27H,2-6,8,10,13-14,17-18,20H2,1H3/p+1. The topological polar surface area (TPSA) is 79.7 Å². The SMILES string of the molecule is C[N+](CC(=O)C1CCCCC1)(C1CCN(c2ccncc2)CC1)C1CCc2ccc(OC(=O)O)cc21. The van der Waals surface area contributed by atoms with Gasteiger partial charge in [-0.15, -0.1) is 0 Å². The summed E-state index contributed by atoms with van der Waals surface area (Å²) >= 11 is 0. The fraction of sp³-hybridized carbons (Fsp3) is 0.552. The molecule has 0 amide bonds. The molecule has 1 saturated heterocycles. The van der Waals surface area contributed by atoms with E-state index in [-0.39, 0.29) is 12.0 Å². The van der Waals surface area contributed by atoms with Crippen LogP contribution in [0.25, 0.3) is 0 Å². The van der Waals surface area contributed by atoms with E-state index in [1.54, 1.807) is 6.07 Å². The van der Waals surface area contributed by atoms with Crippen LogP contribution in [0.15, 0.2) is 42.7 Å². The van der Waals surface area contributed by atoms with Gasteiger partial charge in [-0.3, -0.25) is 9.78 Å². The number of anilines is 1. The van der Waals surface area contributed by atoms with Crippen molar-refractivity contribution in [1.82, 2.24) is 4.98 Å². The van der Waals surface area contributed by atoms with Crippen LogP contribution in [-0.2, 0) is 11.2 Å². The van der Waals surface area contributed by atoms with Crippen molar-refractivity contribution < 1.29 is 23.9 Å². The summed E-state index contributed by atoms with van der Waals surface area (Å²) in [5.41, 5.74) is 3.61. The first-order valence-corrected chi connectivity index (χ1v) is 13.5. The summed E-state index contributed by atoms with van der Waals surface area (Å²) in [6, 6.07) is 10.3. The molecule has 7 heteroatoms. The Labute approximate surface area is 213 Å². The van der Waals surface area contributed by atoms with Gasteiger partial charge < -0.3 is 19.2 Å². The van der Waals surface area contributed by atoms with Crippen LogP contribution in [-0.4, -0.2) is 59.2 Å². The van der Waals surface area contributed by atoms with Gasteiger partial charge in [-0.2, -0.15) is 0 Å². The highest BCUT2D eigenvalue weighted by molar-refractivity contribution is 5.82. The molecule has 1 aromatic carbocycles. The molecule has 2 heterocycles. The maximum Gasteiger partial charge on any atom is 0.511 e. The van der Waals surface area contributed by atoms with Crippen LogP contribution in [0.2, 0.25) is 0 Å². The Kier molecular flexibility index (Phi) is 7.28. The monoisotopic (exact) mass is 492 g/mol. The van der Waals surface area contributed by atoms with Crippen LogP contribution in [0.4, 0.5) is 10.5 Å². The second-order valence-corrected chi connectivity index (χ2v) is 11.0. The van der Waals surface area contributed by atoms with E-state index in [9.17, 15) is 9.59 Å². The Morgan fingerprint density at radius 2 is 1.75 bits per heavy atom. The van der Waals surface area contributed by atoms with Gasteiger partial charge in [-0.25, -0.2) is 4.79 Å². The molecule has 0 bridgehead atoms. The average molecular weight is 493 g/mol. The van der Waals surface area contributed by atoms with Crippen LogP contribution in [0.5, 0.6) is 5.75 Å². The van der Waals surface area contributed by atoms with Crippen molar-refractivity contribution in [1.29, 1.82) is 0 Å². The predicted octanol–water partition coefficient (Wildman–Crippen LogP) is 5.39. The van der Waals surface area contributed by atoms with E-state index in [0.29, 0.717) is 28.6 Å². The summed E-state index contributed by atoms with van der Waals surface area (Å²) in [5, 5.41) is 9.15. The number of rotatable bonds is 7. The molecule has 0 radical (unpaired) electrons. The van der Waals surface area contributed by atoms with Crippen molar-refractivity contribution in [3.63, 3.8) is 0 Å². The lowest BCUT2D eigenvalue weighted by Crippen LogP contribution is -2.60. The first-order chi connectivity index (χ1) is 17.4. The molecule has 36 heavy (non-hydrogen) atoms. The van der Waals surface area contributed by atoms with E-state index in [2.05, 4.69) is 29.1 Å². The highest BCUT2D eigenvalue weighted by Crippen LogP contribution is 2.45. The normalized spacial score (nSPS) is 22.6. The fourth-order valence-corrected chi connectivity index (χ4v) is 6.99. The number of hydrogen-bond donors (Lipinski definition) is 1. The Bertz CT molecular complexity index is 1080.